The molecule has 0 radical (unpaired) electrons. The van der Waals surface area contributed by atoms with E-state index < -0.39 is 0 Å². The summed E-state index contributed by atoms with van der Waals surface area (Å²) < 4.78 is 5.27. The molecule has 6 nitrogen and oxygen atoms in total. The summed E-state index contributed by atoms with van der Waals surface area (Å²) in [5, 5.41) is 6.93. The van der Waals surface area contributed by atoms with E-state index in [1.54, 1.807) is 7.11 Å². The predicted molar refractivity (Wildman–Crippen MR) is 114 cm³/mol. The lowest BCUT2D eigenvalue weighted by Gasteiger charge is -2.25. The van der Waals surface area contributed by atoms with Gasteiger partial charge in [-0.25, -0.2) is 0 Å². The zero-order chi connectivity index (χ0) is 19.6. The van der Waals surface area contributed by atoms with Gasteiger partial charge in [0.2, 0.25) is 0 Å². The van der Waals surface area contributed by atoms with Crippen molar-refractivity contribution in [3.05, 3.63) is 29.8 Å². The average molecular weight is 376 g/mol. The Morgan fingerprint density at radius 2 is 2.00 bits per heavy atom. The van der Waals surface area contributed by atoms with Crippen LogP contribution in [0.3, 0.4) is 0 Å². The van der Waals surface area contributed by atoms with Crippen LogP contribution in [-0.2, 0) is 0 Å². The van der Waals surface area contributed by atoms with Gasteiger partial charge in [0.1, 0.15) is 5.75 Å². The second-order valence-corrected chi connectivity index (χ2v) is 7.28. The molecular weight excluding hydrogens is 338 g/mol. The SMILES string of the molecule is CCNC(=NCC(c1ccc(OC)cc1)N(C)C)NCC1CCCN1CC. The number of hydrogen-bond acceptors (Lipinski definition) is 4. The number of hydrogen-bond donors (Lipinski definition) is 2. The number of benzene rings is 1. The van der Waals surface area contributed by atoms with Crippen LogP contribution in [0.25, 0.3) is 0 Å². The van der Waals surface area contributed by atoms with Crippen LogP contribution in [0.5, 0.6) is 5.75 Å². The fourth-order valence-corrected chi connectivity index (χ4v) is 3.67. The molecule has 2 unspecified atom stereocenters. The maximum absolute atomic E-state index is 5.27. The van der Waals surface area contributed by atoms with Crippen LogP contribution >= 0.6 is 0 Å². The summed E-state index contributed by atoms with van der Waals surface area (Å²) in [5.41, 5.74) is 1.24. The molecule has 2 rings (SSSR count). The van der Waals surface area contributed by atoms with E-state index in [1.807, 2.05) is 12.1 Å². The van der Waals surface area contributed by atoms with E-state index in [-0.39, 0.29) is 6.04 Å². The third-order valence-corrected chi connectivity index (χ3v) is 5.30. The van der Waals surface area contributed by atoms with Crippen LogP contribution in [0, 0.1) is 0 Å². The van der Waals surface area contributed by atoms with Crippen molar-refractivity contribution in [2.75, 3.05) is 53.9 Å². The number of nitrogens with zero attached hydrogens (tertiary/aromatic N) is 3. The van der Waals surface area contributed by atoms with E-state index in [0.29, 0.717) is 12.6 Å². The maximum Gasteiger partial charge on any atom is 0.191 e. The van der Waals surface area contributed by atoms with Crippen LogP contribution < -0.4 is 15.4 Å². The molecule has 6 heteroatoms. The largest absolute Gasteiger partial charge is 0.497 e. The van der Waals surface area contributed by atoms with Crippen LogP contribution in [0.2, 0.25) is 0 Å². The van der Waals surface area contributed by atoms with Gasteiger partial charge in [-0.3, -0.25) is 9.89 Å². The number of aliphatic imine (C=N–C) groups is 1. The topological polar surface area (TPSA) is 52.1 Å². The quantitative estimate of drug-likeness (QED) is 0.513. The monoisotopic (exact) mass is 375 g/mol. The minimum atomic E-state index is 0.227. The molecule has 0 spiro atoms. The fraction of sp³-hybridized carbons (Fsp3) is 0.667. The van der Waals surface area contributed by atoms with Crippen LogP contribution in [0.15, 0.2) is 29.3 Å². The van der Waals surface area contributed by atoms with Crippen molar-refractivity contribution in [3.8, 4) is 5.75 Å². The molecule has 1 fully saturated rings. The Morgan fingerprint density at radius 1 is 1.26 bits per heavy atom. The van der Waals surface area contributed by atoms with Gasteiger partial charge in [-0.1, -0.05) is 19.1 Å². The predicted octanol–water partition coefficient (Wildman–Crippen LogP) is 2.34. The van der Waals surface area contributed by atoms with E-state index in [9.17, 15) is 0 Å². The van der Waals surface area contributed by atoms with E-state index in [4.69, 9.17) is 9.73 Å². The second kappa shape index (κ2) is 11.1. The van der Waals surface area contributed by atoms with Crippen LogP contribution in [0.1, 0.15) is 38.3 Å². The Morgan fingerprint density at radius 3 is 2.59 bits per heavy atom. The number of methoxy groups -OCH3 is 1. The molecular formula is C21H37N5O. The Hall–Kier alpha value is -1.79. The highest BCUT2D eigenvalue weighted by Gasteiger charge is 2.23. The van der Waals surface area contributed by atoms with Crippen molar-refractivity contribution < 1.29 is 4.74 Å². The summed E-state index contributed by atoms with van der Waals surface area (Å²) in [7, 11) is 5.89. The molecule has 0 bridgehead atoms. The molecule has 1 saturated heterocycles. The molecule has 1 heterocycles. The number of likely N-dealkylation sites (tertiary alicyclic amines) is 1. The molecule has 27 heavy (non-hydrogen) atoms. The lowest BCUT2D eigenvalue weighted by atomic mass is 10.1. The summed E-state index contributed by atoms with van der Waals surface area (Å²) in [6, 6.07) is 9.11. The Balaban J connectivity index is 2.00. The lowest BCUT2D eigenvalue weighted by Crippen LogP contribution is -2.45. The van der Waals surface area contributed by atoms with Gasteiger partial charge in [0, 0.05) is 19.1 Å². The van der Waals surface area contributed by atoms with Crippen molar-refractivity contribution in [3.63, 3.8) is 0 Å². The molecule has 2 atom stereocenters. The van der Waals surface area contributed by atoms with Gasteiger partial charge in [-0.15, -0.1) is 0 Å². The van der Waals surface area contributed by atoms with Crippen molar-refractivity contribution in [2.24, 2.45) is 4.99 Å². The highest BCUT2D eigenvalue weighted by molar-refractivity contribution is 5.79. The Kier molecular flexibility index (Phi) is 8.88. The smallest absolute Gasteiger partial charge is 0.191 e. The second-order valence-electron chi connectivity index (χ2n) is 7.28. The average Bonchev–Trinajstić information content (AvgIpc) is 3.14. The van der Waals surface area contributed by atoms with Gasteiger partial charge in [-0.2, -0.15) is 0 Å². The number of rotatable bonds is 9. The fourth-order valence-electron chi connectivity index (χ4n) is 3.67. The summed E-state index contributed by atoms with van der Waals surface area (Å²) in [6.07, 6.45) is 2.57. The van der Waals surface area contributed by atoms with Crippen molar-refractivity contribution in [2.45, 2.75) is 38.8 Å². The van der Waals surface area contributed by atoms with E-state index in [2.05, 4.69) is 60.5 Å². The van der Waals surface area contributed by atoms with Crippen LogP contribution in [0.4, 0.5) is 0 Å². The van der Waals surface area contributed by atoms with Gasteiger partial charge in [0.15, 0.2) is 5.96 Å². The highest BCUT2D eigenvalue weighted by Crippen LogP contribution is 2.21. The summed E-state index contributed by atoms with van der Waals surface area (Å²) in [4.78, 5) is 9.63. The van der Waals surface area contributed by atoms with E-state index in [0.717, 1.165) is 31.3 Å². The summed E-state index contributed by atoms with van der Waals surface area (Å²) in [6.45, 7) is 9.22. The van der Waals surface area contributed by atoms with Gasteiger partial charge < -0.3 is 20.3 Å². The molecule has 0 amide bonds. The number of guanidine groups is 1. The van der Waals surface area contributed by atoms with Crippen molar-refractivity contribution in [1.82, 2.24) is 20.4 Å². The van der Waals surface area contributed by atoms with E-state index in [1.165, 1.54) is 24.9 Å². The third-order valence-electron chi connectivity index (χ3n) is 5.30. The zero-order valence-electron chi connectivity index (χ0n) is 17.7. The summed E-state index contributed by atoms with van der Waals surface area (Å²) in [5.74, 6) is 1.78. The van der Waals surface area contributed by atoms with E-state index >= 15 is 0 Å². The molecule has 1 aromatic carbocycles. The van der Waals surface area contributed by atoms with Gasteiger partial charge in [-0.05, 0) is 64.6 Å². The molecule has 152 valence electrons. The number of nitrogens with one attached hydrogen (secondary N) is 2. The minimum Gasteiger partial charge on any atom is -0.497 e. The van der Waals surface area contributed by atoms with Gasteiger partial charge in [0.05, 0.1) is 19.7 Å². The van der Waals surface area contributed by atoms with Crippen LogP contribution in [-0.4, -0.2) is 75.7 Å². The molecule has 2 N–H and O–H groups in total. The molecule has 0 aromatic heterocycles. The number of ether oxygens (including phenoxy) is 1. The first kappa shape index (κ1) is 21.5. The molecule has 0 saturated carbocycles. The first-order valence-corrected chi connectivity index (χ1v) is 10.2. The Labute approximate surface area is 165 Å². The first-order chi connectivity index (χ1) is 13.1. The Bertz CT molecular complexity index is 572. The molecule has 0 aliphatic carbocycles. The van der Waals surface area contributed by atoms with Crippen molar-refractivity contribution >= 4 is 5.96 Å². The minimum absolute atomic E-state index is 0.227. The summed E-state index contributed by atoms with van der Waals surface area (Å²) >= 11 is 0. The lowest BCUT2D eigenvalue weighted by molar-refractivity contribution is 0.266. The maximum atomic E-state index is 5.27. The van der Waals surface area contributed by atoms with Gasteiger partial charge in [0.25, 0.3) is 0 Å². The molecule has 1 aliphatic rings. The molecule has 1 aromatic rings. The normalized spacial score (nSPS) is 19.3. The first-order valence-electron chi connectivity index (χ1n) is 10.2. The number of likely N-dealkylation sites (N-methyl/N-ethyl adjacent to an activating group) is 2. The standard InChI is InChI=1S/C21H37N5O/c1-6-22-21(23-15-18-9-8-14-26(18)7-2)24-16-20(25(3)4)17-10-12-19(27-5)13-11-17/h10-13,18,20H,6-9,14-16H2,1-5H3,(H2,22,23,24). The third kappa shape index (κ3) is 6.40. The highest BCUT2D eigenvalue weighted by atomic mass is 16.5. The molecule has 1 aliphatic heterocycles. The van der Waals surface area contributed by atoms with Gasteiger partial charge >= 0.3 is 0 Å². The van der Waals surface area contributed by atoms with Crippen molar-refractivity contribution in [1.29, 1.82) is 0 Å². The zero-order valence-corrected chi connectivity index (χ0v) is 17.7.